The second-order valence-corrected chi connectivity index (χ2v) is 18.9. The van der Waals surface area contributed by atoms with Crippen molar-refractivity contribution in [1.82, 2.24) is 34.5 Å². The number of benzene rings is 2. The molecule has 0 bridgehead atoms. The minimum Gasteiger partial charge on any atom is -0.404 e. The van der Waals surface area contributed by atoms with Crippen LogP contribution in [-0.2, 0) is 27.9 Å². The summed E-state index contributed by atoms with van der Waals surface area (Å²) >= 11 is 0. The van der Waals surface area contributed by atoms with Gasteiger partial charge in [0.05, 0.1) is 11.0 Å². The van der Waals surface area contributed by atoms with Crippen LogP contribution in [0.4, 0.5) is 14.5 Å². The molecule has 0 saturated carbocycles. The molecule has 0 spiro atoms. The Hall–Kier alpha value is -5.70. The smallest absolute Gasteiger partial charge is 0.329 e. The van der Waals surface area contributed by atoms with Gasteiger partial charge in [0.15, 0.2) is 0 Å². The molecule has 8 rings (SSSR count). The number of halogens is 2. The number of hydrogen-bond acceptors (Lipinski definition) is 10. The van der Waals surface area contributed by atoms with Gasteiger partial charge in [-0.05, 0) is 139 Å². The van der Waals surface area contributed by atoms with Gasteiger partial charge in [-0.2, -0.15) is 0 Å². The number of aliphatic imine (C=N–C) groups is 1. The predicted octanol–water partition coefficient (Wildman–Crippen LogP) is 4.43. The minimum atomic E-state index is -2.74. The Balaban J connectivity index is 0.809. The Morgan fingerprint density at radius 3 is 2.37 bits per heavy atom. The highest BCUT2D eigenvalue weighted by atomic mass is 19.3. The van der Waals surface area contributed by atoms with Crippen LogP contribution in [0.25, 0.3) is 16.6 Å². The molecule has 15 nitrogen and oxygen atoms in total. The van der Waals surface area contributed by atoms with E-state index in [2.05, 4.69) is 37.3 Å². The number of imidazole rings is 1. The molecule has 4 fully saturated rings. The number of aryl methyl sites for hydroxylation is 2. The average Bonchev–Trinajstić information content (AvgIpc) is 3.57. The zero-order valence-electron chi connectivity index (χ0n) is 39.0. The van der Waals surface area contributed by atoms with Crippen molar-refractivity contribution in [2.24, 2.45) is 29.6 Å². The zero-order valence-corrected chi connectivity index (χ0v) is 39.0. The van der Waals surface area contributed by atoms with Crippen LogP contribution >= 0.6 is 0 Å². The molecule has 5 aliphatic rings. The molecule has 6 heterocycles. The van der Waals surface area contributed by atoms with E-state index in [9.17, 15) is 33.4 Å². The lowest BCUT2D eigenvalue weighted by atomic mass is 9.86. The number of nitrogens with zero attached hydrogens (tertiary/aromatic N) is 7. The van der Waals surface area contributed by atoms with Crippen LogP contribution in [0.15, 0.2) is 46.3 Å². The number of likely N-dealkylation sites (tertiary alicyclic amines) is 3. The van der Waals surface area contributed by atoms with E-state index in [1.54, 1.807) is 31.7 Å². The lowest BCUT2D eigenvalue weighted by molar-refractivity contribution is -0.136. The third-order valence-electron chi connectivity index (χ3n) is 14.7. The Morgan fingerprint density at radius 1 is 0.970 bits per heavy atom. The first-order chi connectivity index (χ1) is 32.3. The van der Waals surface area contributed by atoms with Crippen LogP contribution in [0.2, 0.25) is 0 Å². The topological polar surface area (TPSA) is 177 Å². The first kappa shape index (κ1) is 47.8. The summed E-state index contributed by atoms with van der Waals surface area (Å²) in [6.07, 6.45) is 7.85. The SMILES string of the molecule is CN=CC(=CN)c1cc2c(cc1C(F)F)N(C(=N)C1CN(C(C)=O)CCC1NC1CCN(CCCN3CCC(C#Cc4ccc5c(c4)n(C)c(=O)n5C4CCC(=O)NC4=O)CC3)CC1)CCC2. The second-order valence-electron chi connectivity index (χ2n) is 18.9. The Bertz CT molecular complexity index is 2540. The summed E-state index contributed by atoms with van der Waals surface area (Å²) < 4.78 is 32.2. The average molecular weight is 922 g/mol. The zero-order chi connectivity index (χ0) is 47.4. The quantitative estimate of drug-likeness (QED) is 0.0939. The fourth-order valence-corrected chi connectivity index (χ4v) is 10.9. The van der Waals surface area contributed by atoms with Crippen molar-refractivity contribution in [2.75, 3.05) is 70.9 Å². The number of carbonyl (C=O) groups excluding carboxylic acids is 3. The molecule has 0 aliphatic carbocycles. The molecule has 17 heteroatoms. The van der Waals surface area contributed by atoms with Gasteiger partial charge in [-0.3, -0.25) is 39.2 Å². The van der Waals surface area contributed by atoms with Crippen molar-refractivity contribution < 1.29 is 23.2 Å². The molecule has 0 radical (unpaired) electrons. The maximum Gasteiger partial charge on any atom is 0.329 e. The highest BCUT2D eigenvalue weighted by Gasteiger charge is 2.39. The molecule has 4 saturated heterocycles. The lowest BCUT2D eigenvalue weighted by Gasteiger charge is -2.45. The number of fused-ring (bicyclic) bond motifs is 2. The number of aromatic nitrogens is 2. The van der Waals surface area contributed by atoms with Gasteiger partial charge in [0.25, 0.3) is 6.43 Å². The second kappa shape index (κ2) is 21.1. The fraction of sp³-hybridized carbons (Fsp3) is 0.560. The number of piperidine rings is 4. The van der Waals surface area contributed by atoms with E-state index >= 15 is 0 Å². The predicted molar refractivity (Wildman–Crippen MR) is 257 cm³/mol. The monoisotopic (exact) mass is 922 g/mol. The van der Waals surface area contributed by atoms with E-state index in [1.165, 1.54) is 23.0 Å². The summed E-state index contributed by atoms with van der Waals surface area (Å²) in [7, 11) is 3.27. The number of nitrogens with one attached hydrogen (secondary N) is 3. The van der Waals surface area contributed by atoms with E-state index in [0.29, 0.717) is 72.1 Å². The van der Waals surface area contributed by atoms with Gasteiger partial charge in [-0.25, -0.2) is 13.6 Å². The van der Waals surface area contributed by atoms with Gasteiger partial charge in [0.2, 0.25) is 17.7 Å². The van der Waals surface area contributed by atoms with Crippen molar-refractivity contribution in [2.45, 2.75) is 95.7 Å². The molecule has 5 N–H and O–H groups in total. The number of anilines is 1. The standard InChI is InChI=1S/C50H65F2N11O4/c1-32(64)61-25-17-41(40(31-61)48(54)62-20-4-6-35-27-38(36(29-53)30-55-2)39(47(51)52)28-44(35)62)56-37-15-23-60(24-16-37)19-5-18-59-21-13-33(14-22-59)7-8-34-9-10-42-45(26-34)58(3)50(67)63(42)43-11-12-46(65)57-49(43)66/h9-10,26-30,33,37,40-41,43,47,54,56H,4-6,11-25,31,53H2,1-3H3,(H,57,65,66). The summed E-state index contributed by atoms with van der Waals surface area (Å²) in [5.41, 5.74) is 9.93. The summed E-state index contributed by atoms with van der Waals surface area (Å²) in [5, 5.41) is 15.9. The van der Waals surface area contributed by atoms with Crippen LogP contribution in [0.1, 0.15) is 99.4 Å². The van der Waals surface area contributed by atoms with E-state index < -0.39 is 18.4 Å². The number of imide groups is 1. The molecule has 2 aromatic carbocycles. The third kappa shape index (κ3) is 10.6. The minimum absolute atomic E-state index is 0.0161. The molecular formula is C50H65F2N11O4. The lowest BCUT2D eigenvalue weighted by Crippen LogP contribution is -2.59. The first-order valence-electron chi connectivity index (χ1n) is 24.0. The Kier molecular flexibility index (Phi) is 15.0. The summed E-state index contributed by atoms with van der Waals surface area (Å²) in [6, 6.07) is 8.53. The summed E-state index contributed by atoms with van der Waals surface area (Å²) in [6.45, 7) is 9.23. The highest BCUT2D eigenvalue weighted by Crippen LogP contribution is 2.38. The van der Waals surface area contributed by atoms with Crippen molar-refractivity contribution in [3.8, 4) is 11.8 Å². The van der Waals surface area contributed by atoms with Crippen LogP contribution in [0.3, 0.4) is 0 Å². The molecule has 3 amide bonds. The van der Waals surface area contributed by atoms with Gasteiger partial charge in [0, 0.05) is 106 Å². The molecule has 3 aromatic rings. The van der Waals surface area contributed by atoms with Crippen LogP contribution in [0, 0.1) is 29.1 Å². The Morgan fingerprint density at radius 2 is 1.70 bits per heavy atom. The van der Waals surface area contributed by atoms with Crippen LogP contribution in [0.5, 0.6) is 0 Å². The van der Waals surface area contributed by atoms with Crippen molar-refractivity contribution in [3.63, 3.8) is 0 Å². The number of rotatable bonds is 11. The highest BCUT2D eigenvalue weighted by molar-refractivity contribution is 6.10. The van der Waals surface area contributed by atoms with Crippen molar-refractivity contribution in [3.05, 3.63) is 69.3 Å². The molecule has 3 unspecified atom stereocenters. The Labute approximate surface area is 391 Å². The van der Waals surface area contributed by atoms with Gasteiger partial charge >= 0.3 is 5.69 Å². The maximum absolute atomic E-state index is 14.6. The van der Waals surface area contributed by atoms with Crippen LogP contribution in [-0.4, -0.2) is 132 Å². The van der Waals surface area contributed by atoms with E-state index in [0.717, 1.165) is 95.3 Å². The summed E-state index contributed by atoms with van der Waals surface area (Å²) in [5.74, 6) is 6.42. The molecule has 67 heavy (non-hydrogen) atoms. The number of allylic oxidation sites excluding steroid dienone is 1. The first-order valence-corrected chi connectivity index (χ1v) is 24.0. The molecule has 1 aromatic heterocycles. The van der Waals surface area contributed by atoms with Gasteiger partial charge in [0.1, 0.15) is 11.9 Å². The largest absolute Gasteiger partial charge is 0.404 e. The van der Waals surface area contributed by atoms with Gasteiger partial charge < -0.3 is 30.7 Å². The number of amides is 3. The summed E-state index contributed by atoms with van der Waals surface area (Å²) in [4.78, 5) is 62.9. The normalized spacial score (nSPS) is 22.9. The van der Waals surface area contributed by atoms with E-state index in [4.69, 9.17) is 5.73 Å². The number of carbonyl (C=O) groups is 3. The van der Waals surface area contributed by atoms with E-state index in [-0.39, 0.29) is 47.5 Å². The molecule has 5 aliphatic heterocycles. The number of nitrogens with two attached hydrogens (primary N) is 1. The maximum atomic E-state index is 14.6. The van der Waals surface area contributed by atoms with Gasteiger partial charge in [-0.1, -0.05) is 11.8 Å². The molecule has 3 atom stereocenters. The third-order valence-corrected chi connectivity index (χ3v) is 14.7. The molecule has 358 valence electrons. The van der Waals surface area contributed by atoms with Crippen molar-refractivity contribution >= 4 is 52.1 Å². The number of amidine groups is 1. The fourth-order valence-electron chi connectivity index (χ4n) is 10.9. The van der Waals surface area contributed by atoms with Crippen molar-refractivity contribution in [1.29, 1.82) is 5.41 Å². The van der Waals surface area contributed by atoms with E-state index in [1.807, 2.05) is 28.0 Å². The number of hydrogen-bond donors (Lipinski definition) is 4. The van der Waals surface area contributed by atoms with Crippen LogP contribution < -0.4 is 27.0 Å². The van der Waals surface area contributed by atoms with Gasteiger partial charge in [-0.15, -0.1) is 0 Å². The molecular weight excluding hydrogens is 857 g/mol. The number of alkyl halides is 2.